The highest BCUT2D eigenvalue weighted by Gasteiger charge is 2.54. The molecule has 0 unspecified atom stereocenters. The minimum atomic E-state index is -0.751. The molecule has 6 aliphatic rings. The van der Waals surface area contributed by atoms with E-state index in [9.17, 15) is 0 Å². The number of hydrogen-bond acceptors (Lipinski definition) is 4. The number of anilines is 3. The highest BCUT2D eigenvalue weighted by molar-refractivity contribution is 6.11. The second-order valence-electron chi connectivity index (χ2n) is 29.5. The minimum absolute atomic E-state index is 0.108. The van der Waals surface area contributed by atoms with Gasteiger partial charge in [-0.05, 0) is 176 Å². The molecule has 11 aromatic carbocycles. The van der Waals surface area contributed by atoms with Gasteiger partial charge in [-0.1, -0.05) is 244 Å². The lowest BCUT2D eigenvalue weighted by Gasteiger charge is -2.42. The largest absolute Gasteiger partial charge is 0.457 e. The lowest BCUT2D eigenvalue weighted by atomic mass is 9.64. The standard InChI is InChI=1S/C88H77NO3/c1-85(2,3)58-38-44-64-65-45-39-59(86(4,5)6)51-75(65)88(74(64)50-58)71-31-16-20-35-81(71)91-83-47-41-61(53-77(83)88)89(78-32-17-13-26-66(78)68-28-21-29-69-67-27-14-18-33-79(67)92-84(68)69)60-40-46-82-76(52-60)87(70-30-15-19-34-80(70)90-82)72-48-56(54-22-9-7-10-23-54)36-42-62(72)63-43-37-57(49-73(63)87)55-24-11-8-12-25-55/h13-21,26-55H,7-12,22-25H2,1-6H3. The molecule has 4 heteroatoms. The Morgan fingerprint density at radius 2 is 0.772 bits per heavy atom. The van der Waals surface area contributed by atoms with Crippen LogP contribution in [0.5, 0.6) is 23.0 Å². The van der Waals surface area contributed by atoms with Gasteiger partial charge in [0, 0.05) is 55.5 Å². The Bertz CT molecular complexity index is 4880. The summed E-state index contributed by atoms with van der Waals surface area (Å²) in [5.41, 5.74) is 25.9. The summed E-state index contributed by atoms with van der Waals surface area (Å²) in [5.74, 6) is 4.59. The maximum Gasteiger partial charge on any atom is 0.143 e. The van der Waals surface area contributed by atoms with E-state index in [0.717, 1.165) is 89.8 Å². The molecule has 18 rings (SSSR count). The summed E-state index contributed by atoms with van der Waals surface area (Å²) >= 11 is 0. The second-order valence-corrected chi connectivity index (χ2v) is 29.5. The van der Waals surface area contributed by atoms with Gasteiger partial charge < -0.3 is 18.8 Å². The Morgan fingerprint density at radius 1 is 0.337 bits per heavy atom. The number of rotatable bonds is 6. The van der Waals surface area contributed by atoms with E-state index in [1.54, 1.807) is 0 Å². The van der Waals surface area contributed by atoms with Gasteiger partial charge in [0.1, 0.15) is 34.2 Å². The fourth-order valence-corrected chi connectivity index (χ4v) is 17.8. The lowest BCUT2D eigenvalue weighted by Crippen LogP contribution is -2.33. The maximum atomic E-state index is 7.36. The van der Waals surface area contributed by atoms with Crippen LogP contribution in [0.1, 0.15) is 184 Å². The molecule has 3 heterocycles. The van der Waals surface area contributed by atoms with Gasteiger partial charge in [0.2, 0.25) is 0 Å². The third-order valence-corrected chi connectivity index (χ3v) is 22.3. The van der Waals surface area contributed by atoms with Gasteiger partial charge in [0.05, 0.1) is 16.5 Å². The number of ether oxygens (including phenoxy) is 2. The first-order chi connectivity index (χ1) is 44.8. The first-order valence-corrected chi connectivity index (χ1v) is 34.1. The molecule has 0 bridgehead atoms. The Labute approximate surface area is 541 Å². The van der Waals surface area contributed by atoms with Crippen molar-refractivity contribution in [3.63, 3.8) is 0 Å². The molecule has 2 fully saturated rings. The Morgan fingerprint density at radius 3 is 1.30 bits per heavy atom. The maximum absolute atomic E-state index is 7.36. The molecular weight excluding hydrogens is 1120 g/mol. The van der Waals surface area contributed by atoms with Crippen LogP contribution >= 0.6 is 0 Å². The van der Waals surface area contributed by atoms with Crippen molar-refractivity contribution in [3.8, 4) is 56.4 Å². The molecule has 4 nitrogen and oxygen atoms in total. The molecule has 0 amide bonds. The van der Waals surface area contributed by atoms with E-state index in [2.05, 4.69) is 271 Å². The average molecular weight is 1200 g/mol. The number of hydrogen-bond donors (Lipinski definition) is 0. The van der Waals surface area contributed by atoms with Crippen molar-refractivity contribution in [2.45, 2.75) is 139 Å². The second kappa shape index (κ2) is 20.6. The summed E-state index contributed by atoms with van der Waals surface area (Å²) in [5, 5.41) is 2.20. The zero-order valence-corrected chi connectivity index (χ0v) is 53.8. The van der Waals surface area contributed by atoms with E-state index in [1.165, 1.54) is 137 Å². The fourth-order valence-electron chi connectivity index (χ4n) is 17.8. The molecule has 2 spiro atoms. The number of benzene rings is 11. The van der Waals surface area contributed by atoms with Crippen LogP contribution in [0.3, 0.4) is 0 Å². The molecule has 0 atom stereocenters. The third kappa shape index (κ3) is 8.14. The van der Waals surface area contributed by atoms with Crippen molar-refractivity contribution in [3.05, 3.63) is 291 Å². The molecule has 452 valence electrons. The predicted octanol–water partition coefficient (Wildman–Crippen LogP) is 24.4. The van der Waals surface area contributed by atoms with Crippen LogP contribution in [0.2, 0.25) is 0 Å². The molecule has 2 saturated carbocycles. The van der Waals surface area contributed by atoms with Gasteiger partial charge in [0.25, 0.3) is 0 Å². The molecule has 92 heavy (non-hydrogen) atoms. The normalized spacial score (nSPS) is 16.6. The number of nitrogens with zero attached hydrogens (tertiary/aromatic N) is 1. The molecule has 4 aliphatic carbocycles. The van der Waals surface area contributed by atoms with Gasteiger partial charge in [-0.15, -0.1) is 0 Å². The van der Waals surface area contributed by atoms with Crippen molar-refractivity contribution in [2.24, 2.45) is 0 Å². The van der Waals surface area contributed by atoms with E-state index in [1.807, 2.05) is 0 Å². The van der Waals surface area contributed by atoms with Crippen LogP contribution in [-0.2, 0) is 21.7 Å². The molecule has 2 aliphatic heterocycles. The SMILES string of the molecule is CC(C)(C)c1ccc2c(c1)C1(c3ccccc3Oc3ccc(N(c4ccc5c(c4)C4(c6ccccc6O5)c5cc(C6CCCCC6)ccc5-c5ccc(C6CCCCC6)cc54)c4ccccc4-c4cccc5c4oc4ccccc45)cc31)c1cc(C(C)(C)C)ccc1-2. The van der Waals surface area contributed by atoms with Gasteiger partial charge in [-0.25, -0.2) is 0 Å². The minimum Gasteiger partial charge on any atom is -0.457 e. The lowest BCUT2D eigenvalue weighted by molar-refractivity contribution is 0.433. The molecule has 0 radical (unpaired) electrons. The molecule has 0 N–H and O–H groups in total. The van der Waals surface area contributed by atoms with Crippen LogP contribution in [0.4, 0.5) is 17.1 Å². The monoisotopic (exact) mass is 1200 g/mol. The van der Waals surface area contributed by atoms with E-state index >= 15 is 0 Å². The van der Waals surface area contributed by atoms with Crippen LogP contribution in [0.15, 0.2) is 229 Å². The van der Waals surface area contributed by atoms with Crippen molar-refractivity contribution in [1.29, 1.82) is 0 Å². The molecule has 12 aromatic rings. The van der Waals surface area contributed by atoms with E-state index in [0.29, 0.717) is 11.8 Å². The van der Waals surface area contributed by atoms with Crippen molar-refractivity contribution >= 4 is 39.0 Å². The molecule has 1 aromatic heterocycles. The van der Waals surface area contributed by atoms with Crippen LogP contribution in [-0.4, -0.2) is 0 Å². The van der Waals surface area contributed by atoms with Gasteiger partial charge in [0.15, 0.2) is 0 Å². The predicted molar refractivity (Wildman–Crippen MR) is 378 cm³/mol. The highest BCUT2D eigenvalue weighted by Crippen LogP contribution is 2.66. The summed E-state index contributed by atoms with van der Waals surface area (Å²) in [6.45, 7) is 14.0. The van der Waals surface area contributed by atoms with Gasteiger partial charge in [-0.3, -0.25) is 0 Å². The van der Waals surface area contributed by atoms with Crippen LogP contribution in [0.25, 0.3) is 55.3 Å². The zero-order chi connectivity index (χ0) is 61.8. The summed E-state index contributed by atoms with van der Waals surface area (Å²) in [6.07, 6.45) is 12.7. The smallest absolute Gasteiger partial charge is 0.143 e. The molecular formula is C88H77NO3. The van der Waals surface area contributed by atoms with Crippen molar-refractivity contribution in [1.82, 2.24) is 0 Å². The van der Waals surface area contributed by atoms with E-state index in [-0.39, 0.29) is 10.8 Å². The van der Waals surface area contributed by atoms with Crippen LogP contribution < -0.4 is 14.4 Å². The van der Waals surface area contributed by atoms with Gasteiger partial charge in [-0.2, -0.15) is 0 Å². The first-order valence-electron chi connectivity index (χ1n) is 34.1. The molecule has 0 saturated heterocycles. The van der Waals surface area contributed by atoms with Crippen molar-refractivity contribution in [2.75, 3.05) is 4.90 Å². The van der Waals surface area contributed by atoms with Gasteiger partial charge >= 0.3 is 0 Å². The first kappa shape index (κ1) is 55.5. The number of fused-ring (bicyclic) bond motifs is 21. The Balaban J connectivity index is 0.933. The number of furan rings is 1. The van der Waals surface area contributed by atoms with Crippen LogP contribution in [0, 0.1) is 0 Å². The Hall–Kier alpha value is -9.38. The fraction of sp³-hybridized carbons (Fsp3) is 0.250. The summed E-state index contributed by atoms with van der Waals surface area (Å²) in [7, 11) is 0. The Kier molecular flexibility index (Phi) is 12.4. The zero-order valence-electron chi connectivity index (χ0n) is 53.8. The number of para-hydroxylation sites is 5. The highest BCUT2D eigenvalue weighted by atomic mass is 16.5. The van der Waals surface area contributed by atoms with E-state index < -0.39 is 10.8 Å². The topological polar surface area (TPSA) is 34.8 Å². The quantitative estimate of drug-likeness (QED) is 0.166. The van der Waals surface area contributed by atoms with Crippen molar-refractivity contribution < 1.29 is 13.9 Å². The van der Waals surface area contributed by atoms with E-state index in [4.69, 9.17) is 13.9 Å². The summed E-state index contributed by atoms with van der Waals surface area (Å²) < 4.78 is 21.6. The third-order valence-electron chi connectivity index (χ3n) is 22.3. The summed E-state index contributed by atoms with van der Waals surface area (Å²) in [4.78, 5) is 2.54. The summed E-state index contributed by atoms with van der Waals surface area (Å²) in [6, 6.07) is 85.9. The average Bonchev–Trinajstić information content (AvgIpc) is 1.47.